The molecule has 94 valence electrons. The zero-order valence-electron chi connectivity index (χ0n) is 9.76. The molecule has 0 aliphatic carbocycles. The highest BCUT2D eigenvalue weighted by atomic mass is 16.6. The van der Waals surface area contributed by atoms with Crippen molar-refractivity contribution in [2.75, 3.05) is 13.1 Å². The van der Waals surface area contributed by atoms with Crippen molar-refractivity contribution in [2.24, 2.45) is 0 Å². The minimum atomic E-state index is -0.562. The maximum atomic E-state index is 10.8. The van der Waals surface area contributed by atoms with Crippen molar-refractivity contribution < 1.29 is 9.66 Å². The van der Waals surface area contributed by atoms with Crippen LogP contribution in [-0.2, 0) is 0 Å². The predicted molar refractivity (Wildman–Crippen MR) is 64.3 cm³/mol. The number of nitrogens with zero attached hydrogens (tertiary/aromatic N) is 2. The standard InChI is InChI=1S/C12H13N3O3/c13-8-9-1-2-11(7-12(9)15(16)17)18-10-3-5-14-6-4-10/h1-2,7,10,14H,3-6H2. The second-order valence-electron chi connectivity index (χ2n) is 4.12. The van der Waals surface area contributed by atoms with Gasteiger partial charge in [-0.3, -0.25) is 10.1 Å². The van der Waals surface area contributed by atoms with E-state index in [9.17, 15) is 10.1 Å². The predicted octanol–water partition coefficient (Wildman–Crippen LogP) is 1.60. The van der Waals surface area contributed by atoms with Gasteiger partial charge in [-0.15, -0.1) is 0 Å². The van der Waals surface area contributed by atoms with Gasteiger partial charge in [0.2, 0.25) is 0 Å². The summed E-state index contributed by atoms with van der Waals surface area (Å²) in [5.74, 6) is 0.451. The lowest BCUT2D eigenvalue weighted by Crippen LogP contribution is -2.34. The molecule has 0 unspecified atom stereocenters. The van der Waals surface area contributed by atoms with Gasteiger partial charge in [0.1, 0.15) is 23.5 Å². The summed E-state index contributed by atoms with van der Waals surface area (Å²) >= 11 is 0. The van der Waals surface area contributed by atoms with Gasteiger partial charge in [-0.05, 0) is 38.1 Å². The Hall–Kier alpha value is -2.13. The highest BCUT2D eigenvalue weighted by Gasteiger charge is 2.18. The highest BCUT2D eigenvalue weighted by Crippen LogP contribution is 2.25. The van der Waals surface area contributed by atoms with E-state index in [0.29, 0.717) is 5.75 Å². The molecule has 1 aliphatic heterocycles. The molecular weight excluding hydrogens is 234 g/mol. The Morgan fingerprint density at radius 2 is 2.17 bits per heavy atom. The zero-order valence-corrected chi connectivity index (χ0v) is 9.76. The number of nitriles is 1. The van der Waals surface area contributed by atoms with E-state index in [-0.39, 0.29) is 17.4 Å². The summed E-state index contributed by atoms with van der Waals surface area (Å²) in [5, 5.41) is 22.8. The number of hydrogen-bond acceptors (Lipinski definition) is 5. The molecule has 1 fully saturated rings. The van der Waals surface area contributed by atoms with E-state index in [2.05, 4.69) is 5.32 Å². The first-order valence-electron chi connectivity index (χ1n) is 5.76. The number of nitro groups is 1. The Bertz CT molecular complexity index is 490. The van der Waals surface area contributed by atoms with Gasteiger partial charge in [-0.25, -0.2) is 0 Å². The summed E-state index contributed by atoms with van der Waals surface area (Å²) < 4.78 is 5.69. The third-order valence-corrected chi connectivity index (χ3v) is 2.88. The first-order valence-corrected chi connectivity index (χ1v) is 5.76. The van der Waals surface area contributed by atoms with Gasteiger partial charge in [-0.2, -0.15) is 5.26 Å². The minimum Gasteiger partial charge on any atom is -0.490 e. The van der Waals surface area contributed by atoms with Crippen LogP contribution in [0.5, 0.6) is 5.75 Å². The number of rotatable bonds is 3. The van der Waals surface area contributed by atoms with E-state index in [0.717, 1.165) is 25.9 Å². The average Bonchev–Trinajstić information content (AvgIpc) is 2.40. The third-order valence-electron chi connectivity index (χ3n) is 2.88. The van der Waals surface area contributed by atoms with E-state index < -0.39 is 4.92 Å². The van der Waals surface area contributed by atoms with E-state index in [1.54, 1.807) is 12.1 Å². The van der Waals surface area contributed by atoms with Crippen LogP contribution in [0.25, 0.3) is 0 Å². The molecule has 18 heavy (non-hydrogen) atoms. The molecular formula is C12H13N3O3. The number of ether oxygens (including phenoxy) is 1. The van der Waals surface area contributed by atoms with Crippen molar-refractivity contribution >= 4 is 5.69 Å². The Morgan fingerprint density at radius 1 is 1.44 bits per heavy atom. The van der Waals surface area contributed by atoms with Crippen LogP contribution in [0.15, 0.2) is 18.2 Å². The van der Waals surface area contributed by atoms with Gasteiger partial charge in [-0.1, -0.05) is 0 Å². The van der Waals surface area contributed by atoms with Crippen molar-refractivity contribution in [1.82, 2.24) is 5.32 Å². The zero-order chi connectivity index (χ0) is 13.0. The fourth-order valence-electron chi connectivity index (χ4n) is 1.94. The van der Waals surface area contributed by atoms with Crippen LogP contribution in [0.1, 0.15) is 18.4 Å². The Labute approximate surface area is 104 Å². The van der Waals surface area contributed by atoms with Crippen molar-refractivity contribution in [3.8, 4) is 11.8 Å². The van der Waals surface area contributed by atoms with Crippen LogP contribution in [0.2, 0.25) is 0 Å². The van der Waals surface area contributed by atoms with Crippen molar-refractivity contribution in [2.45, 2.75) is 18.9 Å². The summed E-state index contributed by atoms with van der Waals surface area (Å²) in [5.41, 5.74) is -0.151. The maximum Gasteiger partial charge on any atom is 0.290 e. The Morgan fingerprint density at radius 3 is 2.78 bits per heavy atom. The van der Waals surface area contributed by atoms with Crippen LogP contribution in [0, 0.1) is 21.4 Å². The van der Waals surface area contributed by atoms with Crippen LogP contribution >= 0.6 is 0 Å². The third kappa shape index (κ3) is 2.76. The summed E-state index contributed by atoms with van der Waals surface area (Å²) in [6.45, 7) is 1.78. The second-order valence-corrected chi connectivity index (χ2v) is 4.12. The molecule has 0 saturated carbocycles. The van der Waals surface area contributed by atoms with Gasteiger partial charge in [0.05, 0.1) is 11.0 Å². The summed E-state index contributed by atoms with van der Waals surface area (Å²) in [6, 6.07) is 6.15. The molecule has 1 aliphatic rings. The van der Waals surface area contributed by atoms with Gasteiger partial charge < -0.3 is 10.1 Å². The first kappa shape index (κ1) is 12.3. The van der Waals surface area contributed by atoms with Crippen LogP contribution in [0.4, 0.5) is 5.69 Å². The molecule has 0 atom stereocenters. The Kier molecular flexibility index (Phi) is 3.75. The van der Waals surface area contributed by atoms with Gasteiger partial charge in [0, 0.05) is 0 Å². The molecule has 1 saturated heterocycles. The van der Waals surface area contributed by atoms with E-state index in [1.165, 1.54) is 12.1 Å². The molecule has 1 aromatic carbocycles. The first-order chi connectivity index (χ1) is 8.70. The topological polar surface area (TPSA) is 88.2 Å². The number of piperidine rings is 1. The minimum absolute atomic E-state index is 0.0534. The molecule has 0 spiro atoms. The average molecular weight is 247 g/mol. The fraction of sp³-hybridized carbons (Fsp3) is 0.417. The van der Waals surface area contributed by atoms with Crippen LogP contribution < -0.4 is 10.1 Å². The van der Waals surface area contributed by atoms with Crippen molar-refractivity contribution in [3.05, 3.63) is 33.9 Å². The van der Waals surface area contributed by atoms with Gasteiger partial charge in [0.15, 0.2) is 0 Å². The largest absolute Gasteiger partial charge is 0.490 e. The molecule has 0 amide bonds. The maximum absolute atomic E-state index is 10.8. The van der Waals surface area contributed by atoms with Gasteiger partial charge in [0.25, 0.3) is 5.69 Å². The molecule has 0 radical (unpaired) electrons. The molecule has 0 bridgehead atoms. The van der Waals surface area contributed by atoms with Gasteiger partial charge >= 0.3 is 0 Å². The molecule has 6 nitrogen and oxygen atoms in total. The van der Waals surface area contributed by atoms with E-state index >= 15 is 0 Å². The van der Waals surface area contributed by atoms with E-state index in [4.69, 9.17) is 10.00 Å². The lowest BCUT2D eigenvalue weighted by atomic mass is 10.1. The second kappa shape index (κ2) is 5.47. The molecule has 0 aromatic heterocycles. The van der Waals surface area contributed by atoms with Crippen LogP contribution in [-0.4, -0.2) is 24.1 Å². The summed E-state index contributed by atoms with van der Waals surface area (Å²) in [4.78, 5) is 10.3. The number of benzene rings is 1. The van der Waals surface area contributed by atoms with Crippen molar-refractivity contribution in [1.29, 1.82) is 5.26 Å². The lowest BCUT2D eigenvalue weighted by molar-refractivity contribution is -0.385. The molecule has 6 heteroatoms. The molecule has 1 heterocycles. The Balaban J connectivity index is 2.16. The molecule has 1 aromatic rings. The summed E-state index contributed by atoms with van der Waals surface area (Å²) in [7, 11) is 0. The normalized spacial score (nSPS) is 15.9. The monoisotopic (exact) mass is 247 g/mol. The van der Waals surface area contributed by atoms with E-state index in [1.807, 2.05) is 0 Å². The molecule has 2 rings (SSSR count). The SMILES string of the molecule is N#Cc1ccc(OC2CCNCC2)cc1[N+](=O)[O-]. The fourth-order valence-corrected chi connectivity index (χ4v) is 1.94. The number of hydrogen-bond donors (Lipinski definition) is 1. The number of nitrogens with one attached hydrogen (secondary N) is 1. The smallest absolute Gasteiger partial charge is 0.290 e. The van der Waals surface area contributed by atoms with Crippen molar-refractivity contribution in [3.63, 3.8) is 0 Å². The quantitative estimate of drug-likeness (QED) is 0.647. The number of nitro benzene ring substituents is 1. The summed E-state index contributed by atoms with van der Waals surface area (Å²) in [6.07, 6.45) is 1.85. The lowest BCUT2D eigenvalue weighted by Gasteiger charge is -2.23. The molecule has 1 N–H and O–H groups in total. The highest BCUT2D eigenvalue weighted by molar-refractivity contribution is 5.52. The van der Waals surface area contributed by atoms with Crippen LogP contribution in [0.3, 0.4) is 0 Å².